The monoisotopic (exact) mass is 325 g/mol. The SMILES string of the molecule is CCCn1nccc1CC(CCC(=O)O)NC(=O)OC(C)(C)C. The number of amides is 1. The van der Waals surface area contributed by atoms with Crippen LogP contribution < -0.4 is 5.32 Å². The first-order chi connectivity index (χ1) is 10.7. The Morgan fingerprint density at radius 3 is 2.70 bits per heavy atom. The fraction of sp³-hybridized carbons (Fsp3) is 0.688. The van der Waals surface area contributed by atoms with Crippen molar-refractivity contribution in [2.75, 3.05) is 0 Å². The Kier molecular flexibility index (Phi) is 7.06. The highest BCUT2D eigenvalue weighted by Crippen LogP contribution is 2.11. The van der Waals surface area contributed by atoms with Crippen LogP contribution in [-0.4, -0.2) is 38.6 Å². The lowest BCUT2D eigenvalue weighted by molar-refractivity contribution is -0.137. The molecule has 130 valence electrons. The summed E-state index contributed by atoms with van der Waals surface area (Å²) in [5.41, 5.74) is 0.379. The molecule has 0 fully saturated rings. The maximum absolute atomic E-state index is 11.9. The molecule has 7 heteroatoms. The van der Waals surface area contributed by atoms with Gasteiger partial charge in [0.25, 0.3) is 0 Å². The van der Waals surface area contributed by atoms with E-state index in [1.807, 2.05) is 10.7 Å². The molecule has 0 bridgehead atoms. The van der Waals surface area contributed by atoms with Crippen LogP contribution in [0.1, 0.15) is 52.7 Å². The van der Waals surface area contributed by atoms with Crippen LogP contribution in [0.25, 0.3) is 0 Å². The summed E-state index contributed by atoms with van der Waals surface area (Å²) in [6, 6.07) is 1.58. The van der Waals surface area contributed by atoms with Crippen molar-refractivity contribution < 1.29 is 19.4 Å². The fourth-order valence-electron chi connectivity index (χ4n) is 2.20. The molecule has 0 spiro atoms. The zero-order valence-corrected chi connectivity index (χ0v) is 14.3. The normalized spacial score (nSPS) is 12.7. The van der Waals surface area contributed by atoms with E-state index in [4.69, 9.17) is 9.84 Å². The molecular formula is C16H27N3O4. The number of nitrogens with zero attached hydrogens (tertiary/aromatic N) is 2. The smallest absolute Gasteiger partial charge is 0.407 e. The highest BCUT2D eigenvalue weighted by atomic mass is 16.6. The Morgan fingerprint density at radius 2 is 2.13 bits per heavy atom. The van der Waals surface area contributed by atoms with Crippen LogP contribution in [0.15, 0.2) is 12.3 Å². The van der Waals surface area contributed by atoms with Gasteiger partial charge in [0, 0.05) is 37.3 Å². The molecule has 0 aliphatic heterocycles. The van der Waals surface area contributed by atoms with E-state index in [0.717, 1.165) is 18.7 Å². The molecule has 0 radical (unpaired) electrons. The first kappa shape index (κ1) is 19.0. The van der Waals surface area contributed by atoms with E-state index in [2.05, 4.69) is 17.3 Å². The second kappa shape index (κ2) is 8.55. The molecule has 1 heterocycles. The highest BCUT2D eigenvalue weighted by Gasteiger charge is 2.21. The number of carbonyl (C=O) groups excluding carboxylic acids is 1. The number of ether oxygens (including phenoxy) is 1. The maximum Gasteiger partial charge on any atom is 0.407 e. The molecule has 0 aliphatic rings. The summed E-state index contributed by atoms with van der Waals surface area (Å²) in [6.07, 6.45) is 2.98. The lowest BCUT2D eigenvalue weighted by Crippen LogP contribution is -2.40. The van der Waals surface area contributed by atoms with Gasteiger partial charge in [0.2, 0.25) is 0 Å². The number of hydrogen-bond acceptors (Lipinski definition) is 4. The molecule has 1 aromatic rings. The summed E-state index contributed by atoms with van der Waals surface area (Å²) in [4.78, 5) is 22.8. The molecule has 1 atom stereocenters. The second-order valence-electron chi connectivity index (χ2n) is 6.53. The largest absolute Gasteiger partial charge is 0.481 e. The van der Waals surface area contributed by atoms with Crippen LogP contribution >= 0.6 is 0 Å². The topological polar surface area (TPSA) is 93.5 Å². The number of alkyl carbamates (subject to hydrolysis) is 1. The van der Waals surface area contributed by atoms with Crippen molar-refractivity contribution in [2.24, 2.45) is 0 Å². The Balaban J connectivity index is 2.73. The van der Waals surface area contributed by atoms with Crippen LogP contribution in [-0.2, 0) is 22.5 Å². The summed E-state index contributed by atoms with van der Waals surface area (Å²) < 4.78 is 7.13. The standard InChI is InChI=1S/C16H27N3O4/c1-5-10-19-13(8-9-17-19)11-12(6-7-14(20)21)18-15(22)23-16(2,3)4/h8-9,12H,5-7,10-11H2,1-4H3,(H,18,22)(H,20,21). The van der Waals surface area contributed by atoms with Gasteiger partial charge in [-0.05, 0) is 39.7 Å². The molecule has 0 saturated carbocycles. The minimum absolute atomic E-state index is 0.0115. The third-order valence-electron chi connectivity index (χ3n) is 3.12. The predicted octanol–water partition coefficient (Wildman–Crippen LogP) is 2.59. The van der Waals surface area contributed by atoms with E-state index < -0.39 is 17.7 Å². The number of aryl methyl sites for hydroxylation is 1. The molecule has 23 heavy (non-hydrogen) atoms. The molecule has 1 unspecified atom stereocenters. The van der Waals surface area contributed by atoms with Crippen molar-refractivity contribution in [3.05, 3.63) is 18.0 Å². The van der Waals surface area contributed by atoms with Gasteiger partial charge in [-0.25, -0.2) is 4.79 Å². The zero-order valence-electron chi connectivity index (χ0n) is 14.3. The predicted molar refractivity (Wildman–Crippen MR) is 86.2 cm³/mol. The molecule has 7 nitrogen and oxygen atoms in total. The van der Waals surface area contributed by atoms with E-state index in [0.29, 0.717) is 12.8 Å². The summed E-state index contributed by atoms with van der Waals surface area (Å²) in [5.74, 6) is -0.886. The number of nitrogens with one attached hydrogen (secondary N) is 1. The third kappa shape index (κ3) is 7.67. The van der Waals surface area contributed by atoms with Gasteiger partial charge in [-0.2, -0.15) is 5.10 Å². The minimum atomic E-state index is -0.886. The number of aliphatic carboxylic acids is 1. The lowest BCUT2D eigenvalue weighted by atomic mass is 10.1. The average Bonchev–Trinajstić information content (AvgIpc) is 2.81. The minimum Gasteiger partial charge on any atom is -0.481 e. The van der Waals surface area contributed by atoms with Crippen LogP contribution in [0.3, 0.4) is 0 Å². The van der Waals surface area contributed by atoms with Crippen molar-refractivity contribution in [3.8, 4) is 0 Å². The van der Waals surface area contributed by atoms with E-state index in [9.17, 15) is 9.59 Å². The van der Waals surface area contributed by atoms with Gasteiger partial charge in [0.15, 0.2) is 0 Å². The highest BCUT2D eigenvalue weighted by molar-refractivity contribution is 5.69. The van der Waals surface area contributed by atoms with Crippen LogP contribution in [0.5, 0.6) is 0 Å². The van der Waals surface area contributed by atoms with Crippen molar-refractivity contribution in [1.29, 1.82) is 0 Å². The average molecular weight is 325 g/mol. The number of carboxylic acid groups (broad SMARTS) is 1. The summed E-state index contributed by atoms with van der Waals surface area (Å²) in [5, 5.41) is 15.9. The van der Waals surface area contributed by atoms with Crippen LogP contribution in [0.2, 0.25) is 0 Å². The summed E-state index contributed by atoms with van der Waals surface area (Å²) in [6.45, 7) is 8.21. The van der Waals surface area contributed by atoms with Crippen molar-refractivity contribution >= 4 is 12.1 Å². The molecule has 1 rings (SSSR count). The molecule has 0 aliphatic carbocycles. The Bertz CT molecular complexity index is 520. The van der Waals surface area contributed by atoms with E-state index >= 15 is 0 Å². The fourth-order valence-corrected chi connectivity index (χ4v) is 2.20. The first-order valence-corrected chi connectivity index (χ1v) is 7.93. The van der Waals surface area contributed by atoms with Crippen molar-refractivity contribution in [3.63, 3.8) is 0 Å². The number of carbonyl (C=O) groups is 2. The number of carboxylic acids is 1. The Morgan fingerprint density at radius 1 is 1.43 bits per heavy atom. The Labute approximate surface area is 137 Å². The number of aromatic nitrogens is 2. The van der Waals surface area contributed by atoms with E-state index in [1.54, 1.807) is 27.0 Å². The molecule has 1 amide bonds. The molecular weight excluding hydrogens is 298 g/mol. The van der Waals surface area contributed by atoms with Gasteiger partial charge in [0.05, 0.1) is 0 Å². The summed E-state index contributed by atoms with van der Waals surface area (Å²) in [7, 11) is 0. The lowest BCUT2D eigenvalue weighted by Gasteiger charge is -2.23. The number of hydrogen-bond donors (Lipinski definition) is 2. The van der Waals surface area contributed by atoms with Gasteiger partial charge >= 0.3 is 12.1 Å². The van der Waals surface area contributed by atoms with Gasteiger partial charge in [0.1, 0.15) is 5.60 Å². The molecule has 0 aromatic carbocycles. The van der Waals surface area contributed by atoms with Gasteiger partial charge in [-0.15, -0.1) is 0 Å². The van der Waals surface area contributed by atoms with Crippen LogP contribution in [0.4, 0.5) is 4.79 Å². The molecule has 2 N–H and O–H groups in total. The van der Waals surface area contributed by atoms with Gasteiger partial charge in [-0.1, -0.05) is 6.92 Å². The summed E-state index contributed by atoms with van der Waals surface area (Å²) >= 11 is 0. The molecule has 0 saturated heterocycles. The third-order valence-corrected chi connectivity index (χ3v) is 3.12. The van der Waals surface area contributed by atoms with E-state index in [-0.39, 0.29) is 12.5 Å². The zero-order chi connectivity index (χ0) is 17.5. The van der Waals surface area contributed by atoms with Gasteiger partial charge < -0.3 is 15.2 Å². The van der Waals surface area contributed by atoms with Gasteiger partial charge in [-0.3, -0.25) is 9.48 Å². The Hall–Kier alpha value is -2.05. The first-order valence-electron chi connectivity index (χ1n) is 7.93. The number of rotatable bonds is 8. The van der Waals surface area contributed by atoms with Crippen molar-refractivity contribution in [1.82, 2.24) is 15.1 Å². The second-order valence-corrected chi connectivity index (χ2v) is 6.53. The molecule has 1 aromatic heterocycles. The van der Waals surface area contributed by atoms with E-state index in [1.165, 1.54) is 0 Å². The maximum atomic E-state index is 11.9. The quantitative estimate of drug-likeness (QED) is 0.766. The van der Waals surface area contributed by atoms with Crippen molar-refractivity contribution in [2.45, 2.75) is 71.6 Å². The van der Waals surface area contributed by atoms with Crippen LogP contribution in [0, 0.1) is 0 Å².